The molecule has 0 aromatic carbocycles. The quantitative estimate of drug-likeness (QED) is 0.0261. The van der Waals surface area contributed by atoms with Crippen LogP contribution in [0.25, 0.3) is 0 Å². The summed E-state index contributed by atoms with van der Waals surface area (Å²) in [5, 5.41) is 54.9. The van der Waals surface area contributed by atoms with Crippen molar-refractivity contribution in [1.29, 1.82) is 0 Å². The number of ether oxygens (including phenoxy) is 2. The van der Waals surface area contributed by atoms with Crippen LogP contribution in [0.5, 0.6) is 0 Å². The van der Waals surface area contributed by atoms with E-state index in [4.69, 9.17) is 9.47 Å². The third kappa shape index (κ3) is 51.9. The molecule has 0 spiro atoms. The fraction of sp³-hybridized carbons (Fsp3) is 0.878. The average molecular weight is 1170 g/mol. The summed E-state index contributed by atoms with van der Waals surface area (Å²) in [7, 11) is 0. The number of allylic oxidation sites excluding steroid dienone is 8. The number of aliphatic hydroxyl groups is 5. The minimum absolute atomic E-state index is 0.133. The Labute approximate surface area is 514 Å². The predicted octanol–water partition coefficient (Wildman–Crippen LogP) is 20.0. The van der Waals surface area contributed by atoms with Crippen LogP contribution in [0.2, 0.25) is 0 Å². The molecule has 0 aromatic rings. The second-order valence-electron chi connectivity index (χ2n) is 25.4. The van der Waals surface area contributed by atoms with Crippen LogP contribution in [0.15, 0.2) is 48.6 Å². The summed E-state index contributed by atoms with van der Waals surface area (Å²) in [6.07, 6.45) is 79.2. The summed E-state index contributed by atoms with van der Waals surface area (Å²) in [6, 6.07) is -0.718. The summed E-state index contributed by atoms with van der Waals surface area (Å²) in [5.74, 6) is -0.136. The van der Waals surface area contributed by atoms with E-state index >= 15 is 0 Å². The first-order valence-corrected chi connectivity index (χ1v) is 36.3. The number of amides is 1. The molecule has 0 aliphatic carbocycles. The largest absolute Gasteiger partial charge is 0.394 e. The van der Waals surface area contributed by atoms with Crippen LogP contribution in [0, 0.1) is 0 Å². The lowest BCUT2D eigenvalue weighted by Gasteiger charge is -2.40. The molecular formula is C74H139NO8. The van der Waals surface area contributed by atoms with E-state index in [1.807, 2.05) is 0 Å². The van der Waals surface area contributed by atoms with E-state index in [1.54, 1.807) is 0 Å². The molecule has 1 saturated heterocycles. The zero-order valence-electron chi connectivity index (χ0n) is 54.7. The Bertz CT molecular complexity index is 1450. The molecule has 9 nitrogen and oxygen atoms in total. The maximum atomic E-state index is 13.1. The van der Waals surface area contributed by atoms with Crippen LogP contribution < -0.4 is 5.32 Å². The lowest BCUT2D eigenvalue weighted by atomic mass is 9.99. The zero-order valence-corrected chi connectivity index (χ0v) is 54.7. The van der Waals surface area contributed by atoms with Crippen molar-refractivity contribution < 1.29 is 39.8 Å². The smallest absolute Gasteiger partial charge is 0.220 e. The van der Waals surface area contributed by atoms with Gasteiger partial charge in [0.25, 0.3) is 0 Å². The van der Waals surface area contributed by atoms with Gasteiger partial charge in [-0.25, -0.2) is 0 Å². The van der Waals surface area contributed by atoms with Gasteiger partial charge >= 0.3 is 0 Å². The summed E-state index contributed by atoms with van der Waals surface area (Å²) in [5.41, 5.74) is 0. The Balaban J connectivity index is 2.02. The first-order chi connectivity index (χ1) is 40.8. The normalized spacial score (nSPS) is 18.5. The number of rotatable bonds is 64. The number of nitrogens with one attached hydrogen (secondary N) is 1. The number of unbranched alkanes of at least 4 members (excludes halogenated alkanes) is 46. The molecule has 1 amide bonds. The lowest BCUT2D eigenvalue weighted by molar-refractivity contribution is -0.302. The second kappa shape index (κ2) is 63.2. The summed E-state index contributed by atoms with van der Waals surface area (Å²) in [6.45, 7) is 3.77. The first kappa shape index (κ1) is 79.2. The number of aliphatic hydroxyl groups excluding tert-OH is 5. The molecule has 0 bridgehead atoms. The van der Waals surface area contributed by atoms with Gasteiger partial charge in [-0.1, -0.05) is 351 Å². The average Bonchev–Trinajstić information content (AvgIpc) is 3.61. The molecule has 7 unspecified atom stereocenters. The molecule has 83 heavy (non-hydrogen) atoms. The molecule has 1 heterocycles. The van der Waals surface area contributed by atoms with E-state index in [1.165, 1.54) is 270 Å². The molecule has 0 radical (unpaired) electrons. The SMILES string of the molecule is CC/C=C\C/C=C\C/C=C\C/C=C\CCCCCCCCCCCCCCCCCCCCCCCCCCCCCCC(=O)NC(COC1OC(CO)C(O)C(O)C1O)C(O)CCCCCCCCCCCCCCCCCCCCC. The van der Waals surface area contributed by atoms with Gasteiger partial charge in [0.1, 0.15) is 24.4 Å². The molecular weight excluding hydrogens is 1030 g/mol. The van der Waals surface area contributed by atoms with E-state index in [9.17, 15) is 30.3 Å². The summed E-state index contributed by atoms with van der Waals surface area (Å²) in [4.78, 5) is 13.1. The Hall–Kier alpha value is -1.85. The fourth-order valence-corrected chi connectivity index (χ4v) is 11.8. The Kier molecular flexibility index (Phi) is 60.3. The van der Waals surface area contributed by atoms with E-state index in [-0.39, 0.29) is 12.5 Å². The highest BCUT2D eigenvalue weighted by molar-refractivity contribution is 5.76. The highest BCUT2D eigenvalue weighted by Crippen LogP contribution is 2.24. The minimum atomic E-state index is -1.55. The Morgan fingerprint density at radius 1 is 0.422 bits per heavy atom. The third-order valence-electron chi connectivity index (χ3n) is 17.4. The molecule has 1 aliphatic rings. The topological polar surface area (TPSA) is 149 Å². The number of carbonyl (C=O) groups excluding carboxylic acids is 1. The molecule has 488 valence electrons. The van der Waals surface area contributed by atoms with Crippen molar-refractivity contribution in [3.63, 3.8) is 0 Å². The predicted molar refractivity (Wildman–Crippen MR) is 355 cm³/mol. The van der Waals surface area contributed by atoms with Crippen molar-refractivity contribution in [3.05, 3.63) is 48.6 Å². The highest BCUT2D eigenvalue weighted by atomic mass is 16.7. The molecule has 6 N–H and O–H groups in total. The highest BCUT2D eigenvalue weighted by Gasteiger charge is 2.44. The molecule has 1 rings (SSSR count). The van der Waals surface area contributed by atoms with Gasteiger partial charge in [-0.15, -0.1) is 0 Å². The Morgan fingerprint density at radius 2 is 0.747 bits per heavy atom. The van der Waals surface area contributed by atoms with Gasteiger partial charge in [0.15, 0.2) is 6.29 Å². The van der Waals surface area contributed by atoms with Crippen molar-refractivity contribution in [2.75, 3.05) is 13.2 Å². The standard InChI is InChI=1S/C74H139NO8/c1-3-5-7-9-11-13-15-17-19-21-23-24-25-26-27-28-29-30-31-32-33-34-35-36-37-38-39-40-41-42-43-44-46-48-50-52-54-56-58-60-62-64-70(78)75-67(66-82-74-73(81)72(80)71(79)69(65-76)83-74)68(77)63-61-59-57-55-53-51-49-47-45-22-20-18-16-14-12-10-8-6-4-2/h5,7,11,13,17,19,23-24,67-69,71-74,76-77,79-81H,3-4,6,8-10,12,14-16,18,20-22,25-66H2,1-2H3,(H,75,78)/b7-5-,13-11-,19-17-,24-23-. The van der Waals surface area contributed by atoms with Crippen LogP contribution >= 0.6 is 0 Å². The van der Waals surface area contributed by atoms with Crippen molar-refractivity contribution in [2.45, 2.75) is 403 Å². The van der Waals surface area contributed by atoms with Crippen molar-refractivity contribution in [3.8, 4) is 0 Å². The van der Waals surface area contributed by atoms with Crippen LogP contribution in [-0.4, -0.2) is 87.5 Å². The van der Waals surface area contributed by atoms with Crippen molar-refractivity contribution >= 4 is 5.91 Å². The Morgan fingerprint density at radius 3 is 1.11 bits per heavy atom. The maximum absolute atomic E-state index is 13.1. The number of carbonyl (C=O) groups is 1. The monoisotopic (exact) mass is 1170 g/mol. The van der Waals surface area contributed by atoms with Gasteiger partial charge in [0, 0.05) is 6.42 Å². The zero-order chi connectivity index (χ0) is 60.0. The molecule has 7 atom stereocenters. The fourth-order valence-electron chi connectivity index (χ4n) is 11.8. The molecule has 1 aliphatic heterocycles. The first-order valence-electron chi connectivity index (χ1n) is 36.3. The van der Waals surface area contributed by atoms with E-state index < -0.39 is 49.5 Å². The number of hydrogen-bond donors (Lipinski definition) is 6. The summed E-state index contributed by atoms with van der Waals surface area (Å²) < 4.78 is 11.4. The van der Waals surface area contributed by atoms with Gasteiger partial charge in [0.2, 0.25) is 5.91 Å². The van der Waals surface area contributed by atoms with Crippen LogP contribution in [-0.2, 0) is 14.3 Å². The van der Waals surface area contributed by atoms with Crippen LogP contribution in [0.3, 0.4) is 0 Å². The second-order valence-corrected chi connectivity index (χ2v) is 25.4. The van der Waals surface area contributed by atoms with E-state index in [0.717, 1.165) is 64.2 Å². The molecule has 0 saturated carbocycles. The van der Waals surface area contributed by atoms with Gasteiger partial charge < -0.3 is 40.3 Å². The summed E-state index contributed by atoms with van der Waals surface area (Å²) >= 11 is 0. The van der Waals surface area contributed by atoms with Gasteiger partial charge in [-0.3, -0.25) is 4.79 Å². The van der Waals surface area contributed by atoms with Crippen molar-refractivity contribution in [2.24, 2.45) is 0 Å². The van der Waals surface area contributed by atoms with E-state index in [2.05, 4.69) is 67.8 Å². The van der Waals surface area contributed by atoms with Crippen LogP contribution in [0.1, 0.15) is 361 Å². The lowest BCUT2D eigenvalue weighted by Crippen LogP contribution is -2.60. The minimum Gasteiger partial charge on any atom is -0.394 e. The van der Waals surface area contributed by atoms with Gasteiger partial charge in [-0.05, 0) is 51.4 Å². The van der Waals surface area contributed by atoms with Crippen LogP contribution in [0.4, 0.5) is 0 Å². The number of hydrogen-bond acceptors (Lipinski definition) is 8. The van der Waals surface area contributed by atoms with Gasteiger partial charge in [-0.2, -0.15) is 0 Å². The third-order valence-corrected chi connectivity index (χ3v) is 17.4. The molecule has 9 heteroatoms. The maximum Gasteiger partial charge on any atom is 0.220 e. The molecule has 0 aromatic heterocycles. The van der Waals surface area contributed by atoms with E-state index in [0.29, 0.717) is 12.8 Å². The van der Waals surface area contributed by atoms with Crippen molar-refractivity contribution in [1.82, 2.24) is 5.32 Å². The molecule has 1 fully saturated rings. The van der Waals surface area contributed by atoms with Gasteiger partial charge in [0.05, 0.1) is 25.4 Å².